The molecule has 0 radical (unpaired) electrons. The van der Waals surface area contributed by atoms with Crippen molar-refractivity contribution in [2.75, 3.05) is 60.9 Å². The van der Waals surface area contributed by atoms with Crippen LogP contribution < -0.4 is 20.4 Å². The number of hydrogen-bond acceptors (Lipinski definition) is 5. The largest absolute Gasteiger partial charge is 0.369 e. The number of benzene rings is 2. The van der Waals surface area contributed by atoms with Crippen LogP contribution in [0.3, 0.4) is 0 Å². The van der Waals surface area contributed by atoms with Gasteiger partial charge in [0.25, 0.3) is 0 Å². The molecule has 2 aromatic rings. The van der Waals surface area contributed by atoms with Gasteiger partial charge in [0, 0.05) is 57.1 Å². The third-order valence-electron chi connectivity index (χ3n) is 6.95. The highest BCUT2D eigenvalue weighted by atomic mass is 16.2. The van der Waals surface area contributed by atoms with Crippen molar-refractivity contribution in [3.8, 4) is 0 Å². The monoisotopic (exact) mass is 461 g/mol. The van der Waals surface area contributed by atoms with Crippen molar-refractivity contribution in [3.63, 3.8) is 0 Å². The molecule has 0 spiro atoms. The van der Waals surface area contributed by atoms with E-state index in [0.717, 1.165) is 62.4 Å². The van der Waals surface area contributed by atoms with Crippen LogP contribution in [0.15, 0.2) is 42.5 Å². The lowest BCUT2D eigenvalue weighted by atomic mass is 9.98. The van der Waals surface area contributed by atoms with E-state index in [2.05, 4.69) is 44.7 Å². The molecule has 1 fully saturated rings. The molecule has 0 aliphatic carbocycles. The van der Waals surface area contributed by atoms with Gasteiger partial charge in [-0.05, 0) is 61.2 Å². The van der Waals surface area contributed by atoms with Crippen LogP contribution >= 0.6 is 0 Å². The summed E-state index contributed by atoms with van der Waals surface area (Å²) in [4.78, 5) is 43.4. The lowest BCUT2D eigenvalue weighted by Crippen LogP contribution is -2.47. The van der Waals surface area contributed by atoms with Crippen LogP contribution in [0.2, 0.25) is 0 Å². The first-order valence-corrected chi connectivity index (χ1v) is 12.2. The second-order valence-corrected chi connectivity index (χ2v) is 9.17. The van der Waals surface area contributed by atoms with E-state index in [1.807, 2.05) is 23.1 Å². The highest BCUT2D eigenvalue weighted by Crippen LogP contribution is 2.38. The van der Waals surface area contributed by atoms with Crippen molar-refractivity contribution < 1.29 is 14.4 Å². The van der Waals surface area contributed by atoms with Gasteiger partial charge >= 0.3 is 11.8 Å². The number of anilines is 3. The van der Waals surface area contributed by atoms with Crippen LogP contribution in [0.25, 0.3) is 0 Å². The number of aryl methyl sites for hydroxylation is 1. The van der Waals surface area contributed by atoms with Crippen LogP contribution in [0.1, 0.15) is 24.0 Å². The third-order valence-corrected chi connectivity index (χ3v) is 6.95. The zero-order chi connectivity index (χ0) is 23.5. The van der Waals surface area contributed by atoms with E-state index >= 15 is 0 Å². The zero-order valence-corrected chi connectivity index (χ0v) is 19.4. The fourth-order valence-electron chi connectivity index (χ4n) is 5.17. The number of carbonyl (C=O) groups excluding carboxylic acids is 3. The predicted molar refractivity (Wildman–Crippen MR) is 132 cm³/mol. The summed E-state index contributed by atoms with van der Waals surface area (Å²) in [6.45, 7) is 6.03. The first-order chi connectivity index (χ1) is 16.6. The van der Waals surface area contributed by atoms with Crippen molar-refractivity contribution in [3.05, 3.63) is 53.6 Å². The maximum atomic E-state index is 12.4. The predicted octanol–water partition coefficient (Wildman–Crippen LogP) is 1.79. The smallest absolute Gasteiger partial charge is 0.313 e. The van der Waals surface area contributed by atoms with E-state index in [4.69, 9.17) is 0 Å². The number of carbonyl (C=O) groups is 3. The van der Waals surface area contributed by atoms with Crippen LogP contribution in [0.5, 0.6) is 0 Å². The molecule has 8 heteroatoms. The SMILES string of the molecule is O=C(NCCCN1CCN(c2ccccc2)CC1)C(=O)Nc1cc2c3c(c1)CCN3C(=O)CC2. The van der Waals surface area contributed by atoms with Crippen LogP contribution in [0.4, 0.5) is 17.1 Å². The number of nitrogens with zero attached hydrogens (tertiary/aromatic N) is 3. The maximum Gasteiger partial charge on any atom is 0.313 e. The molecule has 0 saturated carbocycles. The van der Waals surface area contributed by atoms with Gasteiger partial charge in [0.1, 0.15) is 0 Å². The topological polar surface area (TPSA) is 85.0 Å². The summed E-state index contributed by atoms with van der Waals surface area (Å²) >= 11 is 0. The van der Waals surface area contributed by atoms with Gasteiger partial charge in [-0.1, -0.05) is 18.2 Å². The summed E-state index contributed by atoms with van der Waals surface area (Å²) in [6, 6.07) is 14.2. The summed E-state index contributed by atoms with van der Waals surface area (Å²) in [7, 11) is 0. The summed E-state index contributed by atoms with van der Waals surface area (Å²) in [5, 5.41) is 5.48. The van der Waals surface area contributed by atoms with Gasteiger partial charge in [0.05, 0.1) is 5.69 Å². The molecule has 2 aromatic carbocycles. The fourth-order valence-corrected chi connectivity index (χ4v) is 5.17. The molecule has 0 atom stereocenters. The Morgan fingerprint density at radius 1 is 0.853 bits per heavy atom. The lowest BCUT2D eigenvalue weighted by molar-refractivity contribution is -0.136. The Morgan fingerprint density at radius 3 is 2.35 bits per heavy atom. The molecule has 3 aliphatic rings. The fraction of sp³-hybridized carbons (Fsp3) is 0.423. The van der Waals surface area contributed by atoms with E-state index in [1.165, 1.54) is 5.69 Å². The summed E-state index contributed by atoms with van der Waals surface area (Å²) < 4.78 is 0. The van der Waals surface area contributed by atoms with E-state index in [-0.39, 0.29) is 5.91 Å². The number of nitrogens with one attached hydrogen (secondary N) is 2. The zero-order valence-electron chi connectivity index (χ0n) is 19.4. The molecule has 0 aromatic heterocycles. The van der Waals surface area contributed by atoms with Gasteiger partial charge in [0.2, 0.25) is 5.91 Å². The minimum Gasteiger partial charge on any atom is -0.369 e. The Kier molecular flexibility index (Phi) is 6.49. The molecule has 3 amide bonds. The molecule has 5 rings (SSSR count). The molecule has 0 bridgehead atoms. The molecule has 178 valence electrons. The van der Waals surface area contributed by atoms with Gasteiger partial charge in [-0.3, -0.25) is 19.3 Å². The third kappa shape index (κ3) is 4.77. The summed E-state index contributed by atoms with van der Waals surface area (Å²) in [6.07, 6.45) is 2.75. The molecule has 1 saturated heterocycles. The molecule has 3 aliphatic heterocycles. The number of piperazine rings is 1. The van der Waals surface area contributed by atoms with Gasteiger partial charge in [-0.2, -0.15) is 0 Å². The quantitative estimate of drug-likeness (QED) is 0.506. The number of hydrogen-bond donors (Lipinski definition) is 2. The summed E-state index contributed by atoms with van der Waals surface area (Å²) in [5.41, 5.74) is 5.02. The second-order valence-electron chi connectivity index (χ2n) is 9.17. The average Bonchev–Trinajstić information content (AvgIpc) is 3.30. The Balaban J connectivity index is 1.04. The molecule has 2 N–H and O–H groups in total. The number of para-hydroxylation sites is 1. The molecule has 34 heavy (non-hydrogen) atoms. The Hall–Kier alpha value is -3.39. The first kappa shape index (κ1) is 22.4. The van der Waals surface area contributed by atoms with Crippen molar-refractivity contribution in [2.45, 2.75) is 25.7 Å². The van der Waals surface area contributed by atoms with Crippen molar-refractivity contribution in [1.82, 2.24) is 10.2 Å². The molecular formula is C26H31N5O3. The summed E-state index contributed by atoms with van der Waals surface area (Å²) in [5.74, 6) is -1.09. The van der Waals surface area contributed by atoms with E-state index in [0.29, 0.717) is 31.6 Å². The Bertz CT molecular complexity index is 1080. The lowest BCUT2D eigenvalue weighted by Gasteiger charge is -2.36. The van der Waals surface area contributed by atoms with Gasteiger partial charge in [0.15, 0.2) is 0 Å². The molecule has 8 nitrogen and oxygen atoms in total. The molecule has 0 unspecified atom stereocenters. The Labute approximate surface area is 199 Å². The number of amides is 3. The van der Waals surface area contributed by atoms with Crippen molar-refractivity contribution in [1.29, 1.82) is 0 Å². The van der Waals surface area contributed by atoms with E-state index < -0.39 is 11.8 Å². The number of rotatable bonds is 6. The standard InChI is InChI=1S/C26H31N5O3/c32-23-8-7-19-17-21(18-20-9-12-31(23)24(19)20)28-26(34)25(33)27-10-4-11-29-13-15-30(16-14-29)22-5-2-1-3-6-22/h1-3,5-6,17-18H,4,7-16H2,(H,27,33)(H,28,34). The van der Waals surface area contributed by atoms with Gasteiger partial charge in [-0.15, -0.1) is 0 Å². The molecule has 3 heterocycles. The minimum absolute atomic E-state index is 0.167. The van der Waals surface area contributed by atoms with E-state index in [9.17, 15) is 14.4 Å². The van der Waals surface area contributed by atoms with Crippen molar-refractivity contribution in [2.24, 2.45) is 0 Å². The van der Waals surface area contributed by atoms with Crippen molar-refractivity contribution >= 4 is 34.8 Å². The van der Waals surface area contributed by atoms with E-state index in [1.54, 1.807) is 0 Å². The highest BCUT2D eigenvalue weighted by molar-refractivity contribution is 6.39. The average molecular weight is 462 g/mol. The van der Waals surface area contributed by atoms with Crippen LogP contribution in [0, 0.1) is 0 Å². The minimum atomic E-state index is -0.648. The van der Waals surface area contributed by atoms with Gasteiger partial charge in [-0.25, -0.2) is 0 Å². The van der Waals surface area contributed by atoms with Crippen LogP contribution in [-0.2, 0) is 27.2 Å². The first-order valence-electron chi connectivity index (χ1n) is 12.2. The maximum absolute atomic E-state index is 12.4. The highest BCUT2D eigenvalue weighted by Gasteiger charge is 2.31. The molecular weight excluding hydrogens is 430 g/mol. The van der Waals surface area contributed by atoms with Crippen LogP contribution in [-0.4, -0.2) is 68.4 Å². The Morgan fingerprint density at radius 2 is 1.59 bits per heavy atom. The second kappa shape index (κ2) is 9.85. The van der Waals surface area contributed by atoms with Gasteiger partial charge < -0.3 is 20.4 Å². The normalized spacial score (nSPS) is 17.5.